The molecule has 0 radical (unpaired) electrons. The van der Waals surface area contributed by atoms with Crippen LogP contribution in [0.3, 0.4) is 0 Å². The number of amides is 1. The van der Waals surface area contributed by atoms with E-state index in [1.54, 1.807) is 7.11 Å². The average Bonchev–Trinajstić information content (AvgIpc) is 2.64. The van der Waals surface area contributed by atoms with E-state index < -0.39 is 0 Å². The topological polar surface area (TPSA) is 41.6 Å². The molecule has 1 fully saturated rings. The molecular formula is C16H24N2O2. The fourth-order valence-electron chi connectivity index (χ4n) is 2.47. The molecule has 1 N–H and O–H groups in total. The molecule has 20 heavy (non-hydrogen) atoms. The minimum atomic E-state index is 0.215. The highest BCUT2D eigenvalue weighted by molar-refractivity contribution is 5.76. The molecule has 1 heterocycles. The van der Waals surface area contributed by atoms with Gasteiger partial charge in [0.2, 0.25) is 5.91 Å². The number of nitrogens with zero attached hydrogens (tertiary/aromatic N) is 1. The predicted octanol–water partition coefficient (Wildman–Crippen LogP) is 2.14. The average molecular weight is 276 g/mol. The quantitative estimate of drug-likeness (QED) is 0.916. The van der Waals surface area contributed by atoms with E-state index in [-0.39, 0.29) is 5.91 Å². The Bertz CT molecular complexity index is 472. The van der Waals surface area contributed by atoms with Crippen molar-refractivity contribution in [1.29, 1.82) is 0 Å². The van der Waals surface area contributed by atoms with E-state index in [4.69, 9.17) is 4.74 Å². The largest absolute Gasteiger partial charge is 0.496 e. The first-order chi connectivity index (χ1) is 9.61. The fraction of sp³-hybridized carbons (Fsp3) is 0.562. The molecule has 0 aromatic heterocycles. The molecule has 1 aromatic carbocycles. The van der Waals surface area contributed by atoms with Crippen LogP contribution < -0.4 is 10.1 Å². The van der Waals surface area contributed by atoms with Gasteiger partial charge in [-0.1, -0.05) is 26.0 Å². The number of rotatable bonds is 4. The lowest BCUT2D eigenvalue weighted by atomic mass is 10.00. The molecule has 4 nitrogen and oxygen atoms in total. The molecule has 1 aliphatic heterocycles. The maximum absolute atomic E-state index is 12.1. The van der Waals surface area contributed by atoms with Crippen molar-refractivity contribution in [2.24, 2.45) is 0 Å². The summed E-state index contributed by atoms with van der Waals surface area (Å²) in [6, 6.07) is 6.26. The lowest BCUT2D eigenvalue weighted by Crippen LogP contribution is -2.32. The normalized spacial score (nSPS) is 16.4. The third-order valence-electron chi connectivity index (χ3n) is 3.76. The van der Waals surface area contributed by atoms with Crippen molar-refractivity contribution < 1.29 is 9.53 Å². The van der Waals surface area contributed by atoms with Crippen LogP contribution in [0.15, 0.2) is 18.2 Å². The fourth-order valence-corrected chi connectivity index (χ4v) is 2.47. The summed E-state index contributed by atoms with van der Waals surface area (Å²) in [6.45, 7) is 7.37. The third kappa shape index (κ3) is 3.51. The summed E-state index contributed by atoms with van der Waals surface area (Å²) in [4.78, 5) is 14.0. The van der Waals surface area contributed by atoms with Crippen LogP contribution in [-0.2, 0) is 11.3 Å². The van der Waals surface area contributed by atoms with E-state index >= 15 is 0 Å². The number of carbonyl (C=O) groups is 1. The molecule has 1 saturated heterocycles. The number of hydrogen-bond acceptors (Lipinski definition) is 3. The van der Waals surface area contributed by atoms with Crippen LogP contribution in [0.25, 0.3) is 0 Å². The monoisotopic (exact) mass is 276 g/mol. The summed E-state index contributed by atoms with van der Waals surface area (Å²) >= 11 is 0. The van der Waals surface area contributed by atoms with E-state index in [0.29, 0.717) is 18.9 Å². The maximum Gasteiger partial charge on any atom is 0.224 e. The van der Waals surface area contributed by atoms with Crippen LogP contribution in [0.2, 0.25) is 0 Å². The SMILES string of the molecule is COc1ccc(C(C)C)cc1CN1CCNCCC1=O. The van der Waals surface area contributed by atoms with Crippen LogP contribution in [0, 0.1) is 0 Å². The number of carbonyl (C=O) groups excluding carboxylic acids is 1. The minimum Gasteiger partial charge on any atom is -0.496 e. The first kappa shape index (κ1) is 14.9. The minimum absolute atomic E-state index is 0.215. The summed E-state index contributed by atoms with van der Waals surface area (Å²) in [6.07, 6.45) is 0.576. The van der Waals surface area contributed by atoms with Gasteiger partial charge >= 0.3 is 0 Å². The molecule has 110 valence electrons. The van der Waals surface area contributed by atoms with Crippen LogP contribution in [0.4, 0.5) is 0 Å². The maximum atomic E-state index is 12.1. The number of benzene rings is 1. The first-order valence-corrected chi connectivity index (χ1v) is 7.27. The Kier molecular flexibility index (Phi) is 5.01. The smallest absolute Gasteiger partial charge is 0.224 e. The summed E-state index contributed by atoms with van der Waals surface area (Å²) in [5.74, 6) is 1.55. The Morgan fingerprint density at radius 3 is 2.85 bits per heavy atom. The summed E-state index contributed by atoms with van der Waals surface area (Å²) in [5.41, 5.74) is 2.37. The van der Waals surface area contributed by atoms with Gasteiger partial charge in [0.1, 0.15) is 5.75 Å². The molecule has 1 amide bonds. The highest BCUT2D eigenvalue weighted by Gasteiger charge is 2.18. The van der Waals surface area contributed by atoms with E-state index in [1.807, 2.05) is 11.0 Å². The molecular weight excluding hydrogens is 252 g/mol. The van der Waals surface area contributed by atoms with E-state index in [0.717, 1.165) is 30.9 Å². The summed E-state index contributed by atoms with van der Waals surface area (Å²) in [5, 5.41) is 3.26. The standard InChI is InChI=1S/C16H24N2O2/c1-12(2)13-4-5-15(20-3)14(10-13)11-18-9-8-17-7-6-16(18)19/h4-5,10,12,17H,6-9,11H2,1-3H3. The molecule has 2 rings (SSSR count). The Labute approximate surface area is 121 Å². The highest BCUT2D eigenvalue weighted by atomic mass is 16.5. The molecule has 4 heteroatoms. The third-order valence-corrected chi connectivity index (χ3v) is 3.76. The van der Waals surface area contributed by atoms with E-state index in [1.165, 1.54) is 5.56 Å². The molecule has 0 spiro atoms. The molecule has 0 atom stereocenters. The van der Waals surface area contributed by atoms with Gasteiger partial charge in [0.25, 0.3) is 0 Å². The Morgan fingerprint density at radius 1 is 1.35 bits per heavy atom. The van der Waals surface area contributed by atoms with Gasteiger partial charge in [-0.25, -0.2) is 0 Å². The van der Waals surface area contributed by atoms with Gasteiger partial charge in [-0.05, 0) is 17.5 Å². The van der Waals surface area contributed by atoms with Crippen molar-refractivity contribution in [1.82, 2.24) is 10.2 Å². The second-order valence-electron chi connectivity index (χ2n) is 5.54. The predicted molar refractivity (Wildman–Crippen MR) is 80.0 cm³/mol. The van der Waals surface area contributed by atoms with Crippen molar-refractivity contribution in [3.8, 4) is 5.75 Å². The van der Waals surface area contributed by atoms with Crippen molar-refractivity contribution in [2.75, 3.05) is 26.7 Å². The first-order valence-electron chi connectivity index (χ1n) is 7.27. The Balaban J connectivity index is 2.21. The van der Waals surface area contributed by atoms with Gasteiger partial charge in [-0.2, -0.15) is 0 Å². The second-order valence-corrected chi connectivity index (χ2v) is 5.54. The molecule has 0 aliphatic carbocycles. The van der Waals surface area contributed by atoms with Crippen molar-refractivity contribution in [3.05, 3.63) is 29.3 Å². The second kappa shape index (κ2) is 6.75. The van der Waals surface area contributed by atoms with Crippen molar-refractivity contribution in [2.45, 2.75) is 32.7 Å². The van der Waals surface area contributed by atoms with E-state index in [9.17, 15) is 4.79 Å². The number of hydrogen-bond donors (Lipinski definition) is 1. The Hall–Kier alpha value is -1.55. The molecule has 1 aliphatic rings. The van der Waals surface area contributed by atoms with Gasteiger partial charge in [0, 0.05) is 38.2 Å². The molecule has 0 unspecified atom stereocenters. The zero-order valence-corrected chi connectivity index (χ0v) is 12.6. The number of methoxy groups -OCH3 is 1. The highest BCUT2D eigenvalue weighted by Crippen LogP contribution is 2.25. The summed E-state index contributed by atoms with van der Waals surface area (Å²) in [7, 11) is 1.68. The Morgan fingerprint density at radius 2 is 2.15 bits per heavy atom. The summed E-state index contributed by atoms with van der Waals surface area (Å²) < 4.78 is 5.43. The van der Waals surface area contributed by atoms with Crippen molar-refractivity contribution >= 4 is 5.91 Å². The lowest BCUT2D eigenvalue weighted by Gasteiger charge is -2.22. The van der Waals surface area contributed by atoms with Crippen LogP contribution in [0.5, 0.6) is 5.75 Å². The van der Waals surface area contributed by atoms with Crippen LogP contribution in [-0.4, -0.2) is 37.6 Å². The van der Waals surface area contributed by atoms with Crippen LogP contribution >= 0.6 is 0 Å². The molecule has 0 saturated carbocycles. The van der Waals surface area contributed by atoms with Gasteiger partial charge in [-0.15, -0.1) is 0 Å². The zero-order chi connectivity index (χ0) is 14.5. The molecule has 1 aromatic rings. The van der Waals surface area contributed by atoms with Gasteiger partial charge in [-0.3, -0.25) is 4.79 Å². The lowest BCUT2D eigenvalue weighted by molar-refractivity contribution is -0.130. The van der Waals surface area contributed by atoms with Crippen molar-refractivity contribution in [3.63, 3.8) is 0 Å². The number of nitrogens with one attached hydrogen (secondary N) is 1. The van der Waals surface area contributed by atoms with Gasteiger partial charge < -0.3 is 15.0 Å². The van der Waals surface area contributed by atoms with E-state index in [2.05, 4.69) is 31.3 Å². The zero-order valence-electron chi connectivity index (χ0n) is 12.6. The van der Waals surface area contributed by atoms with Crippen LogP contribution in [0.1, 0.15) is 37.3 Å². The molecule has 0 bridgehead atoms. The number of ether oxygens (including phenoxy) is 1. The van der Waals surface area contributed by atoms with Gasteiger partial charge in [0.05, 0.1) is 7.11 Å². The van der Waals surface area contributed by atoms with Gasteiger partial charge in [0.15, 0.2) is 0 Å².